The highest BCUT2D eigenvalue weighted by molar-refractivity contribution is 5.93. The monoisotopic (exact) mass is 427 g/mol. The molecule has 1 aliphatic heterocycles. The van der Waals surface area contributed by atoms with Gasteiger partial charge >= 0.3 is 0 Å². The standard InChI is InChI=1S/C25H22FN5O/c26-17-6-8-20-19(14-17)23(30-29-20)24-27-21-9-7-18(15-22(21)28-24)31-12-10-25(32,11-13-31)16-4-2-1-3-5-16/h1-9,14-15,32H,10-13H2,(H,27,28)(H,29,30). The number of benzene rings is 3. The van der Waals surface area contributed by atoms with Crippen molar-refractivity contribution in [3.8, 4) is 11.5 Å². The lowest BCUT2D eigenvalue weighted by atomic mass is 9.84. The van der Waals surface area contributed by atoms with E-state index in [1.807, 2.05) is 36.4 Å². The van der Waals surface area contributed by atoms with E-state index in [0.29, 0.717) is 29.7 Å². The molecule has 3 N–H and O–H groups in total. The summed E-state index contributed by atoms with van der Waals surface area (Å²) < 4.78 is 13.7. The number of aromatic amines is 2. The zero-order valence-electron chi connectivity index (χ0n) is 17.3. The number of fused-ring (bicyclic) bond motifs is 2. The molecule has 0 spiro atoms. The van der Waals surface area contributed by atoms with Crippen LogP contribution in [0.1, 0.15) is 18.4 Å². The van der Waals surface area contributed by atoms with Crippen molar-refractivity contribution < 1.29 is 9.50 Å². The number of imidazole rings is 1. The van der Waals surface area contributed by atoms with E-state index in [-0.39, 0.29) is 5.82 Å². The number of H-pyrrole nitrogens is 2. The first-order chi connectivity index (χ1) is 15.6. The number of hydrogen-bond acceptors (Lipinski definition) is 4. The van der Waals surface area contributed by atoms with Crippen LogP contribution in [-0.4, -0.2) is 38.4 Å². The minimum atomic E-state index is -0.778. The molecule has 0 aliphatic carbocycles. The molecule has 1 saturated heterocycles. The minimum absolute atomic E-state index is 0.306. The van der Waals surface area contributed by atoms with Gasteiger partial charge in [-0.15, -0.1) is 0 Å². The molecular weight excluding hydrogens is 405 g/mol. The van der Waals surface area contributed by atoms with Crippen molar-refractivity contribution in [1.29, 1.82) is 0 Å². The number of aromatic nitrogens is 4. The lowest BCUT2D eigenvalue weighted by Crippen LogP contribution is -2.42. The molecule has 3 heterocycles. The zero-order valence-corrected chi connectivity index (χ0v) is 17.3. The SMILES string of the molecule is OC1(c2ccccc2)CCN(c2ccc3nc(-c4n[nH]c5ccc(F)cc45)[nH]c3c2)CC1. The minimum Gasteiger partial charge on any atom is -0.385 e. The first kappa shape index (κ1) is 19.0. The second-order valence-electron chi connectivity index (χ2n) is 8.43. The fourth-order valence-electron chi connectivity index (χ4n) is 4.65. The molecule has 32 heavy (non-hydrogen) atoms. The van der Waals surface area contributed by atoms with E-state index in [2.05, 4.69) is 37.2 Å². The Morgan fingerprint density at radius 3 is 2.56 bits per heavy atom. The maximum atomic E-state index is 13.7. The van der Waals surface area contributed by atoms with Gasteiger partial charge in [-0.05, 0) is 54.8 Å². The molecular formula is C25H22FN5O. The number of nitrogens with zero attached hydrogens (tertiary/aromatic N) is 3. The largest absolute Gasteiger partial charge is 0.385 e. The molecule has 160 valence electrons. The van der Waals surface area contributed by atoms with Crippen molar-refractivity contribution in [3.63, 3.8) is 0 Å². The predicted molar refractivity (Wildman–Crippen MR) is 123 cm³/mol. The van der Waals surface area contributed by atoms with E-state index in [0.717, 1.165) is 40.9 Å². The Labute approximate surface area is 183 Å². The maximum Gasteiger partial charge on any atom is 0.159 e. The number of halogens is 1. The van der Waals surface area contributed by atoms with Crippen molar-refractivity contribution in [2.75, 3.05) is 18.0 Å². The number of hydrogen-bond donors (Lipinski definition) is 3. The van der Waals surface area contributed by atoms with Crippen molar-refractivity contribution in [3.05, 3.63) is 78.1 Å². The Balaban J connectivity index is 1.28. The average molecular weight is 427 g/mol. The average Bonchev–Trinajstić information content (AvgIpc) is 3.43. The molecule has 2 aromatic heterocycles. The van der Waals surface area contributed by atoms with E-state index in [1.54, 1.807) is 6.07 Å². The smallest absolute Gasteiger partial charge is 0.159 e. The highest BCUT2D eigenvalue weighted by Gasteiger charge is 2.34. The molecule has 3 aromatic carbocycles. The molecule has 5 aromatic rings. The highest BCUT2D eigenvalue weighted by Crippen LogP contribution is 2.35. The van der Waals surface area contributed by atoms with Gasteiger partial charge in [0.2, 0.25) is 0 Å². The summed E-state index contributed by atoms with van der Waals surface area (Å²) in [7, 11) is 0. The molecule has 6 rings (SSSR count). The Hall–Kier alpha value is -3.71. The van der Waals surface area contributed by atoms with Gasteiger partial charge in [-0.1, -0.05) is 30.3 Å². The Kier molecular flexibility index (Phi) is 4.26. The highest BCUT2D eigenvalue weighted by atomic mass is 19.1. The summed E-state index contributed by atoms with van der Waals surface area (Å²) in [6.45, 7) is 1.53. The van der Waals surface area contributed by atoms with Crippen LogP contribution in [0.3, 0.4) is 0 Å². The topological polar surface area (TPSA) is 80.8 Å². The third kappa shape index (κ3) is 3.13. The van der Waals surface area contributed by atoms with Crippen LogP contribution in [0.2, 0.25) is 0 Å². The summed E-state index contributed by atoms with van der Waals surface area (Å²) in [6.07, 6.45) is 1.35. The quantitative estimate of drug-likeness (QED) is 0.389. The molecule has 6 nitrogen and oxygen atoms in total. The van der Waals surface area contributed by atoms with Gasteiger partial charge in [0.05, 0.1) is 22.2 Å². The summed E-state index contributed by atoms with van der Waals surface area (Å²) in [6, 6.07) is 20.6. The van der Waals surface area contributed by atoms with Gasteiger partial charge in [0, 0.05) is 24.2 Å². The summed E-state index contributed by atoms with van der Waals surface area (Å²) in [5.74, 6) is 0.296. The second kappa shape index (κ2) is 7.17. The number of nitrogens with one attached hydrogen (secondary N) is 2. The summed E-state index contributed by atoms with van der Waals surface area (Å²) in [4.78, 5) is 10.3. The Morgan fingerprint density at radius 2 is 1.75 bits per heavy atom. The fourth-order valence-corrected chi connectivity index (χ4v) is 4.65. The van der Waals surface area contributed by atoms with E-state index < -0.39 is 5.60 Å². The summed E-state index contributed by atoms with van der Waals surface area (Å²) in [5, 5.41) is 19.1. The van der Waals surface area contributed by atoms with Gasteiger partial charge in [-0.2, -0.15) is 5.10 Å². The van der Waals surface area contributed by atoms with Gasteiger partial charge in [0.15, 0.2) is 5.82 Å². The van der Waals surface area contributed by atoms with E-state index in [1.165, 1.54) is 12.1 Å². The third-order valence-electron chi connectivity index (χ3n) is 6.48. The van der Waals surface area contributed by atoms with Crippen molar-refractivity contribution in [2.45, 2.75) is 18.4 Å². The van der Waals surface area contributed by atoms with Crippen LogP contribution in [0.5, 0.6) is 0 Å². The van der Waals surface area contributed by atoms with Crippen LogP contribution < -0.4 is 4.90 Å². The molecule has 0 amide bonds. The normalized spacial score (nSPS) is 16.1. The fraction of sp³-hybridized carbons (Fsp3) is 0.200. The lowest BCUT2D eigenvalue weighted by Gasteiger charge is -2.39. The third-order valence-corrected chi connectivity index (χ3v) is 6.48. The molecule has 1 aliphatic rings. The van der Waals surface area contributed by atoms with Crippen molar-refractivity contribution >= 4 is 27.6 Å². The Bertz CT molecular complexity index is 1420. The van der Waals surface area contributed by atoms with Gasteiger partial charge in [0.1, 0.15) is 11.5 Å². The zero-order chi connectivity index (χ0) is 21.7. The molecule has 0 atom stereocenters. The lowest BCUT2D eigenvalue weighted by molar-refractivity contribution is 0.0118. The van der Waals surface area contributed by atoms with E-state index >= 15 is 0 Å². The molecule has 0 unspecified atom stereocenters. The molecule has 1 fully saturated rings. The van der Waals surface area contributed by atoms with Crippen LogP contribution in [0.15, 0.2) is 66.7 Å². The van der Waals surface area contributed by atoms with Gasteiger partial charge < -0.3 is 15.0 Å². The number of piperidine rings is 1. The van der Waals surface area contributed by atoms with Crippen LogP contribution in [0.25, 0.3) is 33.5 Å². The summed E-state index contributed by atoms with van der Waals surface area (Å²) >= 11 is 0. The second-order valence-corrected chi connectivity index (χ2v) is 8.43. The number of anilines is 1. The first-order valence-electron chi connectivity index (χ1n) is 10.8. The molecule has 0 bridgehead atoms. The predicted octanol–water partition coefficient (Wildman–Crippen LogP) is 4.73. The summed E-state index contributed by atoms with van der Waals surface area (Å²) in [5.41, 5.74) is 4.38. The Morgan fingerprint density at radius 1 is 0.938 bits per heavy atom. The van der Waals surface area contributed by atoms with Crippen LogP contribution in [-0.2, 0) is 5.60 Å². The molecule has 7 heteroatoms. The number of aliphatic hydroxyl groups is 1. The molecule has 0 radical (unpaired) electrons. The van der Waals surface area contributed by atoms with E-state index in [9.17, 15) is 9.50 Å². The van der Waals surface area contributed by atoms with Gasteiger partial charge in [0.25, 0.3) is 0 Å². The number of rotatable bonds is 3. The van der Waals surface area contributed by atoms with Crippen LogP contribution in [0.4, 0.5) is 10.1 Å². The molecule has 0 saturated carbocycles. The first-order valence-corrected chi connectivity index (χ1v) is 10.8. The van der Waals surface area contributed by atoms with Crippen LogP contribution in [0, 0.1) is 5.82 Å². The van der Waals surface area contributed by atoms with Gasteiger partial charge in [-0.3, -0.25) is 5.10 Å². The van der Waals surface area contributed by atoms with E-state index in [4.69, 9.17) is 0 Å². The van der Waals surface area contributed by atoms with Crippen molar-refractivity contribution in [1.82, 2.24) is 20.2 Å². The van der Waals surface area contributed by atoms with Crippen molar-refractivity contribution in [2.24, 2.45) is 0 Å². The maximum absolute atomic E-state index is 13.7. The van der Waals surface area contributed by atoms with Crippen LogP contribution >= 0.6 is 0 Å². The van der Waals surface area contributed by atoms with Gasteiger partial charge in [-0.25, -0.2) is 9.37 Å².